The van der Waals surface area contributed by atoms with Crippen molar-refractivity contribution in [2.75, 3.05) is 11.9 Å². The van der Waals surface area contributed by atoms with Crippen molar-refractivity contribution in [2.45, 2.75) is 46.1 Å². The molecule has 2 rings (SSSR count). The summed E-state index contributed by atoms with van der Waals surface area (Å²) in [6.07, 6.45) is 0.0863. The summed E-state index contributed by atoms with van der Waals surface area (Å²) in [7, 11) is 0. The third kappa shape index (κ3) is 5.82. The summed E-state index contributed by atoms with van der Waals surface area (Å²) in [5.41, 5.74) is 1.72. The van der Waals surface area contributed by atoms with Crippen LogP contribution in [0.3, 0.4) is 0 Å². The molecule has 0 spiro atoms. The van der Waals surface area contributed by atoms with Crippen molar-refractivity contribution >= 4 is 11.6 Å². The number of rotatable bonds is 6. The summed E-state index contributed by atoms with van der Waals surface area (Å²) >= 11 is 0. The number of amides is 1. The van der Waals surface area contributed by atoms with E-state index in [0.717, 1.165) is 17.1 Å². The fourth-order valence-corrected chi connectivity index (χ4v) is 2.47. The summed E-state index contributed by atoms with van der Waals surface area (Å²) in [5.74, 6) is 1.26. The van der Waals surface area contributed by atoms with Crippen molar-refractivity contribution in [2.24, 2.45) is 0 Å². The molecule has 4 heteroatoms. The highest BCUT2D eigenvalue weighted by Gasteiger charge is 2.18. The van der Waals surface area contributed by atoms with E-state index in [0.29, 0.717) is 5.69 Å². The minimum Gasteiger partial charge on any atom is -0.491 e. The van der Waals surface area contributed by atoms with Crippen molar-refractivity contribution in [3.8, 4) is 11.5 Å². The molecule has 134 valence electrons. The molecule has 0 radical (unpaired) electrons. The van der Waals surface area contributed by atoms with Gasteiger partial charge in [0, 0.05) is 11.8 Å². The molecule has 0 aromatic heterocycles. The van der Waals surface area contributed by atoms with Crippen LogP contribution in [0.15, 0.2) is 48.5 Å². The lowest BCUT2D eigenvalue weighted by molar-refractivity contribution is -0.118. The number of carbonyl (C=O) groups is 1. The van der Waals surface area contributed by atoms with E-state index < -0.39 is 0 Å². The first kappa shape index (κ1) is 18.8. The maximum Gasteiger partial charge on any atom is 0.262 e. The Bertz CT molecular complexity index is 717. The zero-order valence-corrected chi connectivity index (χ0v) is 15.6. The van der Waals surface area contributed by atoms with Crippen LogP contribution in [0.25, 0.3) is 0 Å². The van der Waals surface area contributed by atoms with Crippen LogP contribution in [0.4, 0.5) is 5.69 Å². The monoisotopic (exact) mass is 341 g/mol. The van der Waals surface area contributed by atoms with Crippen molar-refractivity contribution in [3.63, 3.8) is 0 Å². The van der Waals surface area contributed by atoms with Crippen LogP contribution in [-0.2, 0) is 10.2 Å². The van der Waals surface area contributed by atoms with Gasteiger partial charge in [-0.2, -0.15) is 0 Å². The lowest BCUT2D eigenvalue weighted by Gasteiger charge is -2.22. The molecule has 4 nitrogen and oxygen atoms in total. The van der Waals surface area contributed by atoms with Gasteiger partial charge in [-0.25, -0.2) is 0 Å². The summed E-state index contributed by atoms with van der Waals surface area (Å²) in [6.45, 7) is 10.3. The largest absolute Gasteiger partial charge is 0.491 e. The van der Waals surface area contributed by atoms with Crippen LogP contribution in [0.2, 0.25) is 0 Å². The number of anilines is 1. The SMILES string of the molecule is CC(C)Oc1cccc(NC(=O)COc2ccccc2C(C)(C)C)c1. The molecule has 2 aromatic rings. The number of benzene rings is 2. The molecular weight excluding hydrogens is 314 g/mol. The third-order valence-corrected chi connectivity index (χ3v) is 3.54. The molecule has 0 aliphatic carbocycles. The Morgan fingerprint density at radius 2 is 1.80 bits per heavy atom. The number of ether oxygens (including phenoxy) is 2. The Labute approximate surface area is 150 Å². The number of para-hydroxylation sites is 1. The van der Waals surface area contributed by atoms with E-state index in [2.05, 4.69) is 26.1 Å². The maximum atomic E-state index is 12.2. The van der Waals surface area contributed by atoms with E-state index in [4.69, 9.17) is 9.47 Å². The molecule has 2 aromatic carbocycles. The highest BCUT2D eigenvalue weighted by Crippen LogP contribution is 2.30. The second-order valence-corrected chi connectivity index (χ2v) is 7.28. The van der Waals surface area contributed by atoms with Gasteiger partial charge in [-0.1, -0.05) is 45.0 Å². The predicted octanol–water partition coefficient (Wildman–Crippen LogP) is 4.79. The lowest BCUT2D eigenvalue weighted by atomic mass is 9.86. The first-order chi connectivity index (χ1) is 11.8. The summed E-state index contributed by atoms with van der Waals surface area (Å²) in [4.78, 5) is 12.2. The molecule has 0 fully saturated rings. The van der Waals surface area contributed by atoms with Gasteiger partial charge in [0.2, 0.25) is 0 Å². The second-order valence-electron chi connectivity index (χ2n) is 7.28. The molecule has 0 saturated carbocycles. The third-order valence-electron chi connectivity index (χ3n) is 3.54. The molecule has 0 aliphatic heterocycles. The van der Waals surface area contributed by atoms with Gasteiger partial charge in [-0.05, 0) is 43.0 Å². The smallest absolute Gasteiger partial charge is 0.262 e. The quantitative estimate of drug-likeness (QED) is 0.822. The molecule has 0 atom stereocenters. The van der Waals surface area contributed by atoms with Crippen LogP contribution in [-0.4, -0.2) is 18.6 Å². The first-order valence-corrected chi connectivity index (χ1v) is 8.54. The maximum absolute atomic E-state index is 12.2. The van der Waals surface area contributed by atoms with Gasteiger partial charge in [0.25, 0.3) is 5.91 Å². The van der Waals surface area contributed by atoms with Gasteiger partial charge < -0.3 is 14.8 Å². The van der Waals surface area contributed by atoms with E-state index >= 15 is 0 Å². The fourth-order valence-electron chi connectivity index (χ4n) is 2.47. The van der Waals surface area contributed by atoms with Crippen molar-refractivity contribution < 1.29 is 14.3 Å². The van der Waals surface area contributed by atoms with E-state index in [-0.39, 0.29) is 24.0 Å². The van der Waals surface area contributed by atoms with Crippen molar-refractivity contribution in [3.05, 3.63) is 54.1 Å². The van der Waals surface area contributed by atoms with Gasteiger partial charge in [0.05, 0.1) is 6.10 Å². The standard InChI is InChI=1S/C21H27NO3/c1-15(2)25-17-10-8-9-16(13-17)22-20(23)14-24-19-12-7-6-11-18(19)21(3,4)5/h6-13,15H,14H2,1-5H3,(H,22,23). The summed E-state index contributed by atoms with van der Waals surface area (Å²) in [6, 6.07) is 15.2. The van der Waals surface area contributed by atoms with Gasteiger partial charge in [-0.3, -0.25) is 4.79 Å². The molecule has 1 amide bonds. The van der Waals surface area contributed by atoms with E-state index in [1.807, 2.05) is 56.3 Å². The van der Waals surface area contributed by atoms with Crippen molar-refractivity contribution in [1.29, 1.82) is 0 Å². The Kier molecular flexibility index (Phi) is 6.07. The normalized spacial score (nSPS) is 11.3. The highest BCUT2D eigenvalue weighted by molar-refractivity contribution is 5.92. The average molecular weight is 341 g/mol. The minimum absolute atomic E-state index is 0.0393. The number of nitrogens with one attached hydrogen (secondary N) is 1. The Morgan fingerprint density at radius 3 is 2.48 bits per heavy atom. The average Bonchev–Trinajstić information content (AvgIpc) is 2.52. The Hall–Kier alpha value is -2.49. The first-order valence-electron chi connectivity index (χ1n) is 8.54. The minimum atomic E-state index is -0.203. The molecule has 0 bridgehead atoms. The van der Waals surface area contributed by atoms with Crippen LogP contribution >= 0.6 is 0 Å². The zero-order chi connectivity index (χ0) is 18.4. The molecule has 25 heavy (non-hydrogen) atoms. The van der Waals surface area contributed by atoms with Gasteiger partial charge in [0.1, 0.15) is 11.5 Å². The van der Waals surface area contributed by atoms with Crippen LogP contribution < -0.4 is 14.8 Å². The zero-order valence-electron chi connectivity index (χ0n) is 15.6. The molecule has 0 unspecified atom stereocenters. The summed E-state index contributed by atoms with van der Waals surface area (Å²) < 4.78 is 11.4. The highest BCUT2D eigenvalue weighted by atomic mass is 16.5. The van der Waals surface area contributed by atoms with Gasteiger partial charge in [0.15, 0.2) is 6.61 Å². The number of carbonyl (C=O) groups excluding carboxylic acids is 1. The summed E-state index contributed by atoms with van der Waals surface area (Å²) in [5, 5.41) is 2.84. The molecular formula is C21H27NO3. The van der Waals surface area contributed by atoms with Gasteiger partial charge >= 0.3 is 0 Å². The Morgan fingerprint density at radius 1 is 1.08 bits per heavy atom. The lowest BCUT2D eigenvalue weighted by Crippen LogP contribution is -2.22. The predicted molar refractivity (Wildman–Crippen MR) is 101 cm³/mol. The van der Waals surface area contributed by atoms with Gasteiger partial charge in [-0.15, -0.1) is 0 Å². The molecule has 0 aliphatic rings. The van der Waals surface area contributed by atoms with Crippen LogP contribution in [0.1, 0.15) is 40.2 Å². The van der Waals surface area contributed by atoms with Crippen molar-refractivity contribution in [1.82, 2.24) is 0 Å². The Balaban J connectivity index is 1.98. The topological polar surface area (TPSA) is 47.6 Å². The van der Waals surface area contributed by atoms with Crippen LogP contribution in [0.5, 0.6) is 11.5 Å². The molecule has 0 saturated heterocycles. The van der Waals surface area contributed by atoms with E-state index in [1.165, 1.54) is 0 Å². The van der Waals surface area contributed by atoms with E-state index in [9.17, 15) is 4.79 Å². The number of hydrogen-bond donors (Lipinski definition) is 1. The number of hydrogen-bond acceptors (Lipinski definition) is 3. The second kappa shape index (κ2) is 8.06. The molecule has 0 heterocycles. The fraction of sp³-hybridized carbons (Fsp3) is 0.381. The molecule has 1 N–H and O–H groups in total. The van der Waals surface area contributed by atoms with E-state index in [1.54, 1.807) is 6.07 Å². The van der Waals surface area contributed by atoms with Crippen LogP contribution in [0, 0.1) is 0 Å².